The van der Waals surface area contributed by atoms with E-state index >= 15 is 0 Å². The lowest BCUT2D eigenvalue weighted by molar-refractivity contribution is -0.146. The number of hydrogen-bond donors (Lipinski definition) is 0. The zero-order valence-corrected chi connectivity index (χ0v) is 10.6. The molecule has 0 atom stereocenters. The highest BCUT2D eigenvalue weighted by molar-refractivity contribution is 5.94. The van der Waals surface area contributed by atoms with Crippen LogP contribution in [-0.2, 0) is 19.1 Å². The second-order valence-electron chi connectivity index (χ2n) is 4.41. The SMILES string of the molecule is COC(=O)CC(=O)N(C)CCC1CCOCC1. The molecule has 0 radical (unpaired) electrons. The van der Waals surface area contributed by atoms with Gasteiger partial charge in [0.2, 0.25) is 5.91 Å². The van der Waals surface area contributed by atoms with Crippen molar-refractivity contribution < 1.29 is 19.1 Å². The highest BCUT2D eigenvalue weighted by Gasteiger charge is 2.17. The first-order valence-corrected chi connectivity index (χ1v) is 6.02. The molecule has 1 fully saturated rings. The minimum Gasteiger partial charge on any atom is -0.469 e. The lowest BCUT2D eigenvalue weighted by Gasteiger charge is -2.24. The molecule has 1 amide bonds. The zero-order valence-electron chi connectivity index (χ0n) is 10.6. The standard InChI is InChI=1S/C12H21NO4/c1-13(11(14)9-12(15)16-2)6-3-10-4-7-17-8-5-10/h10H,3-9H2,1-2H3. The van der Waals surface area contributed by atoms with Crippen LogP contribution in [0, 0.1) is 5.92 Å². The van der Waals surface area contributed by atoms with Gasteiger partial charge in [-0.2, -0.15) is 0 Å². The third kappa shape index (κ3) is 5.17. The van der Waals surface area contributed by atoms with E-state index in [4.69, 9.17) is 4.74 Å². The Balaban J connectivity index is 2.21. The van der Waals surface area contributed by atoms with E-state index in [9.17, 15) is 9.59 Å². The maximum Gasteiger partial charge on any atom is 0.315 e. The van der Waals surface area contributed by atoms with E-state index in [1.54, 1.807) is 11.9 Å². The molecule has 1 saturated heterocycles. The molecule has 1 aliphatic heterocycles. The lowest BCUT2D eigenvalue weighted by atomic mass is 9.96. The molecule has 1 heterocycles. The normalized spacial score (nSPS) is 16.6. The fraction of sp³-hybridized carbons (Fsp3) is 0.833. The van der Waals surface area contributed by atoms with Crippen molar-refractivity contribution in [1.82, 2.24) is 4.90 Å². The highest BCUT2D eigenvalue weighted by atomic mass is 16.5. The van der Waals surface area contributed by atoms with Crippen LogP contribution in [-0.4, -0.2) is 50.7 Å². The Morgan fingerprint density at radius 2 is 2.00 bits per heavy atom. The van der Waals surface area contributed by atoms with Crippen molar-refractivity contribution in [3.8, 4) is 0 Å². The minimum absolute atomic E-state index is 0.166. The summed E-state index contributed by atoms with van der Waals surface area (Å²) in [5, 5.41) is 0. The Hall–Kier alpha value is -1.10. The average Bonchev–Trinajstić information content (AvgIpc) is 2.36. The topological polar surface area (TPSA) is 55.8 Å². The minimum atomic E-state index is -0.479. The van der Waals surface area contributed by atoms with Crippen LogP contribution in [0.15, 0.2) is 0 Å². The van der Waals surface area contributed by atoms with Crippen molar-refractivity contribution in [3.63, 3.8) is 0 Å². The molecular formula is C12H21NO4. The van der Waals surface area contributed by atoms with Crippen LogP contribution in [0.1, 0.15) is 25.7 Å². The Kier molecular flexibility index (Phi) is 5.97. The summed E-state index contributed by atoms with van der Waals surface area (Å²) < 4.78 is 9.74. The number of nitrogens with zero attached hydrogens (tertiary/aromatic N) is 1. The molecule has 0 aromatic heterocycles. The van der Waals surface area contributed by atoms with Gasteiger partial charge in [0, 0.05) is 26.8 Å². The van der Waals surface area contributed by atoms with Crippen molar-refractivity contribution in [2.75, 3.05) is 33.9 Å². The monoisotopic (exact) mass is 243 g/mol. The first kappa shape index (κ1) is 14.0. The van der Waals surface area contributed by atoms with Gasteiger partial charge in [0.25, 0.3) is 0 Å². The van der Waals surface area contributed by atoms with Crippen molar-refractivity contribution >= 4 is 11.9 Å². The fourth-order valence-corrected chi connectivity index (χ4v) is 1.87. The molecule has 0 unspecified atom stereocenters. The number of carbonyl (C=O) groups is 2. The van der Waals surface area contributed by atoms with Crippen LogP contribution in [0.5, 0.6) is 0 Å². The predicted octanol–water partition coefficient (Wildman–Crippen LogP) is 0.825. The van der Waals surface area contributed by atoms with Gasteiger partial charge in [-0.15, -0.1) is 0 Å². The number of rotatable bonds is 5. The Morgan fingerprint density at radius 3 is 2.59 bits per heavy atom. The van der Waals surface area contributed by atoms with Crippen molar-refractivity contribution in [3.05, 3.63) is 0 Å². The molecule has 1 aliphatic rings. The molecule has 1 rings (SSSR count). The van der Waals surface area contributed by atoms with Crippen LogP contribution >= 0.6 is 0 Å². The van der Waals surface area contributed by atoms with E-state index in [0.29, 0.717) is 12.5 Å². The molecule has 0 spiro atoms. The first-order valence-electron chi connectivity index (χ1n) is 6.02. The largest absolute Gasteiger partial charge is 0.469 e. The van der Waals surface area contributed by atoms with Crippen LogP contribution in [0.25, 0.3) is 0 Å². The van der Waals surface area contributed by atoms with Crippen molar-refractivity contribution in [1.29, 1.82) is 0 Å². The second-order valence-corrected chi connectivity index (χ2v) is 4.41. The predicted molar refractivity (Wildman–Crippen MR) is 62.4 cm³/mol. The molecule has 0 bridgehead atoms. The van der Waals surface area contributed by atoms with Crippen LogP contribution < -0.4 is 0 Å². The maximum absolute atomic E-state index is 11.6. The summed E-state index contributed by atoms with van der Waals surface area (Å²) in [5.41, 5.74) is 0. The second kappa shape index (κ2) is 7.27. The van der Waals surface area contributed by atoms with Gasteiger partial charge < -0.3 is 14.4 Å². The number of hydrogen-bond acceptors (Lipinski definition) is 4. The number of carbonyl (C=O) groups excluding carboxylic acids is 2. The average molecular weight is 243 g/mol. The third-order valence-electron chi connectivity index (χ3n) is 3.16. The van der Waals surface area contributed by atoms with E-state index in [1.165, 1.54) is 7.11 Å². The van der Waals surface area contributed by atoms with Gasteiger partial charge in [-0.1, -0.05) is 0 Å². The van der Waals surface area contributed by atoms with Crippen LogP contribution in [0.3, 0.4) is 0 Å². The molecule has 0 N–H and O–H groups in total. The van der Waals surface area contributed by atoms with Crippen LogP contribution in [0.4, 0.5) is 0 Å². The molecule has 98 valence electrons. The highest BCUT2D eigenvalue weighted by Crippen LogP contribution is 2.18. The summed E-state index contributed by atoms with van der Waals surface area (Å²) in [6.45, 7) is 2.34. The molecular weight excluding hydrogens is 222 g/mol. The van der Waals surface area contributed by atoms with E-state index in [-0.39, 0.29) is 12.3 Å². The van der Waals surface area contributed by atoms with Crippen molar-refractivity contribution in [2.45, 2.75) is 25.7 Å². The van der Waals surface area contributed by atoms with Gasteiger partial charge in [-0.3, -0.25) is 9.59 Å². The zero-order chi connectivity index (χ0) is 12.7. The number of amides is 1. The smallest absolute Gasteiger partial charge is 0.315 e. The number of esters is 1. The molecule has 17 heavy (non-hydrogen) atoms. The molecule has 0 aromatic carbocycles. The first-order chi connectivity index (χ1) is 8.13. The van der Waals surface area contributed by atoms with Gasteiger partial charge in [0.1, 0.15) is 6.42 Å². The van der Waals surface area contributed by atoms with Gasteiger partial charge in [0.05, 0.1) is 7.11 Å². The van der Waals surface area contributed by atoms with Crippen molar-refractivity contribution in [2.24, 2.45) is 5.92 Å². The molecule has 0 aromatic rings. The summed E-state index contributed by atoms with van der Waals surface area (Å²) in [6, 6.07) is 0. The van der Waals surface area contributed by atoms with E-state index in [2.05, 4.69) is 4.74 Å². The molecule has 5 nitrogen and oxygen atoms in total. The summed E-state index contributed by atoms with van der Waals surface area (Å²) in [5.74, 6) is -0.0195. The number of ether oxygens (including phenoxy) is 2. The summed E-state index contributed by atoms with van der Waals surface area (Å²) in [7, 11) is 3.02. The lowest BCUT2D eigenvalue weighted by Crippen LogP contribution is -2.31. The van der Waals surface area contributed by atoms with Gasteiger partial charge in [0.15, 0.2) is 0 Å². The summed E-state index contributed by atoms with van der Waals surface area (Å²) >= 11 is 0. The number of methoxy groups -OCH3 is 1. The quantitative estimate of drug-likeness (QED) is 0.530. The Morgan fingerprint density at radius 1 is 1.35 bits per heavy atom. The molecule has 5 heteroatoms. The maximum atomic E-state index is 11.6. The molecule has 0 saturated carbocycles. The van der Waals surface area contributed by atoms with Gasteiger partial charge >= 0.3 is 5.97 Å². The Labute approximate surface area is 102 Å². The summed E-state index contributed by atoms with van der Waals surface area (Å²) in [4.78, 5) is 24.1. The Bertz CT molecular complexity index is 261. The summed E-state index contributed by atoms with van der Waals surface area (Å²) in [6.07, 6.45) is 2.95. The third-order valence-corrected chi connectivity index (χ3v) is 3.16. The van der Waals surface area contributed by atoms with Gasteiger partial charge in [-0.25, -0.2) is 0 Å². The van der Waals surface area contributed by atoms with Crippen LogP contribution in [0.2, 0.25) is 0 Å². The van der Waals surface area contributed by atoms with Gasteiger partial charge in [-0.05, 0) is 25.2 Å². The van der Waals surface area contributed by atoms with E-state index < -0.39 is 5.97 Å². The molecule has 0 aliphatic carbocycles. The van der Waals surface area contributed by atoms with E-state index in [0.717, 1.165) is 32.5 Å². The van der Waals surface area contributed by atoms with E-state index in [1.807, 2.05) is 0 Å². The fourth-order valence-electron chi connectivity index (χ4n) is 1.87.